The molecule has 0 spiro atoms. The number of benzene rings is 2. The van der Waals surface area contributed by atoms with E-state index >= 15 is 0 Å². The molecule has 2 aromatic rings. The largest absolute Gasteiger partial charge is 0.389 e. The van der Waals surface area contributed by atoms with Gasteiger partial charge in [0.25, 0.3) is 0 Å². The first-order valence-corrected chi connectivity index (χ1v) is 6.19. The lowest BCUT2D eigenvalue weighted by Crippen LogP contribution is -1.95. The van der Waals surface area contributed by atoms with Gasteiger partial charge < -0.3 is 5.11 Å². The standard InChI is InChI=1S/C14H13FOS/c1-10(16)13-9-11(15)7-8-14(13)17-12-5-3-2-4-6-12/h2-10,16H,1H3. The predicted molar refractivity (Wildman–Crippen MR) is 67.6 cm³/mol. The van der Waals surface area contributed by atoms with Crippen LogP contribution < -0.4 is 0 Å². The summed E-state index contributed by atoms with van der Waals surface area (Å²) in [6, 6.07) is 14.3. The second kappa shape index (κ2) is 5.34. The number of halogens is 1. The number of aliphatic hydroxyl groups is 1. The van der Waals surface area contributed by atoms with Crippen LogP contribution in [0.15, 0.2) is 58.3 Å². The zero-order valence-corrected chi connectivity index (χ0v) is 10.2. The molecule has 2 rings (SSSR count). The molecule has 0 aliphatic carbocycles. The van der Waals surface area contributed by atoms with Gasteiger partial charge in [0.05, 0.1) is 6.10 Å². The first-order valence-electron chi connectivity index (χ1n) is 5.37. The van der Waals surface area contributed by atoms with E-state index in [1.165, 1.54) is 23.9 Å². The summed E-state index contributed by atoms with van der Waals surface area (Å²) in [6.07, 6.45) is -0.670. The van der Waals surface area contributed by atoms with Gasteiger partial charge in [0.1, 0.15) is 5.82 Å². The van der Waals surface area contributed by atoms with Crippen molar-refractivity contribution < 1.29 is 9.50 Å². The van der Waals surface area contributed by atoms with Gasteiger partial charge in [-0.05, 0) is 42.8 Å². The van der Waals surface area contributed by atoms with Crippen LogP contribution in [0.1, 0.15) is 18.6 Å². The zero-order valence-electron chi connectivity index (χ0n) is 9.43. The third kappa shape index (κ3) is 3.08. The lowest BCUT2D eigenvalue weighted by atomic mass is 10.1. The molecule has 0 aromatic heterocycles. The summed E-state index contributed by atoms with van der Waals surface area (Å²) in [5.41, 5.74) is 0.624. The average Bonchev–Trinajstić information content (AvgIpc) is 2.32. The molecule has 0 radical (unpaired) electrons. The van der Waals surface area contributed by atoms with Crippen LogP contribution in [0.5, 0.6) is 0 Å². The Kier molecular flexibility index (Phi) is 3.82. The predicted octanol–water partition coefficient (Wildman–Crippen LogP) is 4.03. The molecule has 0 fully saturated rings. The van der Waals surface area contributed by atoms with Gasteiger partial charge in [0.2, 0.25) is 0 Å². The number of hydrogen-bond acceptors (Lipinski definition) is 2. The number of hydrogen-bond donors (Lipinski definition) is 1. The third-order valence-electron chi connectivity index (χ3n) is 2.39. The minimum Gasteiger partial charge on any atom is -0.389 e. The van der Waals surface area contributed by atoms with Crippen molar-refractivity contribution in [3.8, 4) is 0 Å². The molecule has 0 saturated heterocycles. The van der Waals surface area contributed by atoms with Crippen LogP contribution in [0.3, 0.4) is 0 Å². The van der Waals surface area contributed by atoms with Crippen LogP contribution in [0, 0.1) is 5.82 Å². The molecule has 2 aromatic carbocycles. The quantitative estimate of drug-likeness (QED) is 0.885. The van der Waals surface area contributed by atoms with E-state index in [4.69, 9.17) is 0 Å². The van der Waals surface area contributed by atoms with E-state index in [-0.39, 0.29) is 5.82 Å². The molecular formula is C14H13FOS. The van der Waals surface area contributed by atoms with Crippen molar-refractivity contribution in [3.63, 3.8) is 0 Å². The summed E-state index contributed by atoms with van der Waals surface area (Å²) in [5.74, 6) is -0.321. The summed E-state index contributed by atoms with van der Waals surface area (Å²) in [5, 5.41) is 9.63. The Labute approximate surface area is 104 Å². The Morgan fingerprint density at radius 3 is 2.47 bits per heavy atom. The van der Waals surface area contributed by atoms with Crippen molar-refractivity contribution in [2.45, 2.75) is 22.8 Å². The Bertz CT molecular complexity index is 497. The van der Waals surface area contributed by atoms with Gasteiger partial charge in [-0.3, -0.25) is 0 Å². The Hall–Kier alpha value is -1.32. The molecule has 0 saturated carbocycles. The summed E-state index contributed by atoms with van der Waals surface area (Å²) in [6.45, 7) is 1.64. The molecule has 0 aliphatic heterocycles. The molecule has 1 nitrogen and oxygen atoms in total. The van der Waals surface area contributed by atoms with Crippen LogP contribution in [-0.2, 0) is 0 Å². The highest BCUT2D eigenvalue weighted by Crippen LogP contribution is 2.33. The molecule has 0 heterocycles. The highest BCUT2D eigenvalue weighted by molar-refractivity contribution is 7.99. The van der Waals surface area contributed by atoms with E-state index in [9.17, 15) is 9.50 Å². The van der Waals surface area contributed by atoms with Gasteiger partial charge in [-0.25, -0.2) is 4.39 Å². The van der Waals surface area contributed by atoms with Crippen molar-refractivity contribution in [2.24, 2.45) is 0 Å². The normalized spacial score (nSPS) is 12.4. The fourth-order valence-electron chi connectivity index (χ4n) is 1.55. The molecule has 0 amide bonds. The molecular weight excluding hydrogens is 235 g/mol. The van der Waals surface area contributed by atoms with Crippen LogP contribution in [-0.4, -0.2) is 5.11 Å². The van der Waals surface area contributed by atoms with E-state index in [0.717, 1.165) is 9.79 Å². The molecule has 88 valence electrons. The number of rotatable bonds is 3. The smallest absolute Gasteiger partial charge is 0.123 e. The van der Waals surface area contributed by atoms with E-state index in [1.807, 2.05) is 30.3 Å². The second-order valence-electron chi connectivity index (χ2n) is 3.77. The zero-order chi connectivity index (χ0) is 12.3. The van der Waals surface area contributed by atoms with E-state index in [1.54, 1.807) is 13.0 Å². The van der Waals surface area contributed by atoms with Gasteiger partial charge in [-0.1, -0.05) is 30.0 Å². The maximum atomic E-state index is 13.1. The van der Waals surface area contributed by atoms with Crippen molar-refractivity contribution >= 4 is 11.8 Å². The maximum Gasteiger partial charge on any atom is 0.123 e. The molecule has 1 N–H and O–H groups in total. The van der Waals surface area contributed by atoms with Gasteiger partial charge in [0, 0.05) is 9.79 Å². The minimum atomic E-state index is -0.670. The molecule has 17 heavy (non-hydrogen) atoms. The lowest BCUT2D eigenvalue weighted by Gasteiger charge is -2.11. The molecule has 3 heteroatoms. The summed E-state index contributed by atoms with van der Waals surface area (Å²) in [7, 11) is 0. The summed E-state index contributed by atoms with van der Waals surface area (Å²) < 4.78 is 13.1. The molecule has 1 atom stereocenters. The second-order valence-corrected chi connectivity index (χ2v) is 4.89. The van der Waals surface area contributed by atoms with Gasteiger partial charge in [0.15, 0.2) is 0 Å². The van der Waals surface area contributed by atoms with Crippen molar-refractivity contribution in [1.82, 2.24) is 0 Å². The van der Waals surface area contributed by atoms with Crippen molar-refractivity contribution in [2.75, 3.05) is 0 Å². The highest BCUT2D eigenvalue weighted by atomic mass is 32.2. The third-order valence-corrected chi connectivity index (χ3v) is 3.49. The van der Waals surface area contributed by atoms with Gasteiger partial charge in [-0.15, -0.1) is 0 Å². The fourth-order valence-corrected chi connectivity index (χ4v) is 2.58. The number of aliphatic hydroxyl groups excluding tert-OH is 1. The Balaban J connectivity index is 2.33. The summed E-state index contributed by atoms with van der Waals surface area (Å²) in [4.78, 5) is 1.95. The van der Waals surface area contributed by atoms with E-state index in [2.05, 4.69) is 0 Å². The molecule has 1 unspecified atom stereocenters. The van der Waals surface area contributed by atoms with Crippen LogP contribution in [0.2, 0.25) is 0 Å². The summed E-state index contributed by atoms with van der Waals surface area (Å²) >= 11 is 1.52. The highest BCUT2D eigenvalue weighted by Gasteiger charge is 2.10. The fraction of sp³-hybridized carbons (Fsp3) is 0.143. The molecule has 0 bridgehead atoms. The molecule has 0 aliphatic rings. The van der Waals surface area contributed by atoms with Gasteiger partial charge in [-0.2, -0.15) is 0 Å². The first kappa shape index (κ1) is 12.1. The average molecular weight is 248 g/mol. The maximum absolute atomic E-state index is 13.1. The van der Waals surface area contributed by atoms with Crippen molar-refractivity contribution in [3.05, 3.63) is 59.9 Å². The minimum absolute atomic E-state index is 0.321. The van der Waals surface area contributed by atoms with Crippen LogP contribution in [0.25, 0.3) is 0 Å². The Morgan fingerprint density at radius 1 is 1.12 bits per heavy atom. The topological polar surface area (TPSA) is 20.2 Å². The van der Waals surface area contributed by atoms with Crippen LogP contribution >= 0.6 is 11.8 Å². The SMILES string of the molecule is CC(O)c1cc(F)ccc1Sc1ccccc1. The van der Waals surface area contributed by atoms with E-state index in [0.29, 0.717) is 5.56 Å². The van der Waals surface area contributed by atoms with E-state index < -0.39 is 6.10 Å². The first-order chi connectivity index (χ1) is 8.16. The lowest BCUT2D eigenvalue weighted by molar-refractivity contribution is 0.196. The monoisotopic (exact) mass is 248 g/mol. The Morgan fingerprint density at radius 2 is 1.82 bits per heavy atom. The van der Waals surface area contributed by atoms with Crippen LogP contribution in [0.4, 0.5) is 4.39 Å². The van der Waals surface area contributed by atoms with Crippen molar-refractivity contribution in [1.29, 1.82) is 0 Å². The van der Waals surface area contributed by atoms with Gasteiger partial charge >= 0.3 is 0 Å².